The first-order valence-corrected chi connectivity index (χ1v) is 21.3. The Kier molecular flexibility index (Phi) is 8.53. The highest BCUT2D eigenvalue weighted by Crippen LogP contribution is 2.42. The monoisotopic (exact) mass is 788 g/mol. The molecule has 2 nitrogen and oxygen atoms in total. The quantitative estimate of drug-likeness (QED) is 0.156. The van der Waals surface area contributed by atoms with Gasteiger partial charge in [-0.2, -0.15) is 0 Å². The second kappa shape index (κ2) is 14.8. The standard InChI is InChI=1S/C60H40N2/c1-3-14-41(15-4-1)45-19-13-20-50(39-45)61(51-34-30-47-38-46(26-27-48(47)40-51)42-16-5-2-6-17-42)49-32-28-44(29-33-49)52-35-37-58(55-23-10-9-22-54(52)55)62-57-25-12-11-24-56(57)60-53-21-8-7-18-43(53)31-36-59(60)62/h1-40H. The molecule has 12 rings (SSSR count). The summed E-state index contributed by atoms with van der Waals surface area (Å²) in [5.74, 6) is 0. The Bertz CT molecular complexity index is 3620. The number of rotatable bonds is 7. The summed E-state index contributed by atoms with van der Waals surface area (Å²) in [6.45, 7) is 0. The lowest BCUT2D eigenvalue weighted by Gasteiger charge is -2.27. The molecule has 0 aliphatic heterocycles. The number of hydrogen-bond acceptors (Lipinski definition) is 1. The van der Waals surface area contributed by atoms with Gasteiger partial charge in [0.1, 0.15) is 0 Å². The predicted molar refractivity (Wildman–Crippen MR) is 264 cm³/mol. The lowest BCUT2D eigenvalue weighted by Crippen LogP contribution is -2.10. The van der Waals surface area contributed by atoms with Crippen molar-refractivity contribution in [1.29, 1.82) is 0 Å². The second-order valence-electron chi connectivity index (χ2n) is 16.1. The molecule has 0 fully saturated rings. The number of para-hydroxylation sites is 1. The van der Waals surface area contributed by atoms with Gasteiger partial charge in [0.15, 0.2) is 0 Å². The Morgan fingerprint density at radius 3 is 1.63 bits per heavy atom. The van der Waals surface area contributed by atoms with E-state index in [0.29, 0.717) is 0 Å². The van der Waals surface area contributed by atoms with E-state index in [1.807, 2.05) is 0 Å². The Morgan fingerprint density at radius 2 is 0.839 bits per heavy atom. The molecule has 290 valence electrons. The van der Waals surface area contributed by atoms with Crippen LogP contribution in [0.15, 0.2) is 243 Å². The molecule has 0 N–H and O–H groups in total. The van der Waals surface area contributed by atoms with Crippen LogP contribution in [0.2, 0.25) is 0 Å². The van der Waals surface area contributed by atoms with Crippen LogP contribution in [-0.4, -0.2) is 4.57 Å². The van der Waals surface area contributed by atoms with E-state index < -0.39 is 0 Å². The van der Waals surface area contributed by atoms with E-state index in [1.54, 1.807) is 0 Å². The molecule has 62 heavy (non-hydrogen) atoms. The van der Waals surface area contributed by atoms with E-state index in [9.17, 15) is 0 Å². The maximum atomic E-state index is 2.46. The molecular weight excluding hydrogens is 749 g/mol. The molecule has 1 heterocycles. The zero-order valence-corrected chi connectivity index (χ0v) is 34.0. The fraction of sp³-hybridized carbons (Fsp3) is 0. The lowest BCUT2D eigenvalue weighted by atomic mass is 9.96. The van der Waals surface area contributed by atoms with Crippen molar-refractivity contribution in [2.24, 2.45) is 0 Å². The third kappa shape index (κ3) is 6.04. The first-order chi connectivity index (χ1) is 30.7. The summed E-state index contributed by atoms with van der Waals surface area (Å²) in [5, 5.41) is 9.96. The number of nitrogens with zero attached hydrogens (tertiary/aromatic N) is 2. The molecule has 1 aromatic heterocycles. The third-order valence-corrected chi connectivity index (χ3v) is 12.5. The van der Waals surface area contributed by atoms with E-state index in [4.69, 9.17) is 0 Å². The summed E-state index contributed by atoms with van der Waals surface area (Å²) in [7, 11) is 0. The first kappa shape index (κ1) is 35.7. The predicted octanol–water partition coefficient (Wildman–Crippen LogP) is 16.7. The average molecular weight is 789 g/mol. The highest BCUT2D eigenvalue weighted by atomic mass is 15.1. The minimum atomic E-state index is 1.10. The van der Waals surface area contributed by atoms with Crippen molar-refractivity contribution in [3.63, 3.8) is 0 Å². The SMILES string of the molecule is c1ccc(-c2cccc(N(c3ccc(-c4ccc(-n5c6ccccc6c6c7ccccc7ccc65)c5ccccc45)cc3)c3ccc4cc(-c5ccccc5)ccc4c3)c2)cc1. The molecule has 2 heteroatoms. The van der Waals surface area contributed by atoms with Crippen molar-refractivity contribution in [3.8, 4) is 39.1 Å². The highest BCUT2D eigenvalue weighted by Gasteiger charge is 2.19. The molecular formula is C60H40N2. The molecule has 0 spiro atoms. The lowest BCUT2D eigenvalue weighted by molar-refractivity contribution is 1.20. The van der Waals surface area contributed by atoms with Crippen LogP contribution in [0.4, 0.5) is 17.1 Å². The molecule has 0 radical (unpaired) electrons. The van der Waals surface area contributed by atoms with Crippen LogP contribution in [0.25, 0.3) is 93.2 Å². The molecule has 0 amide bonds. The van der Waals surface area contributed by atoms with Crippen molar-refractivity contribution in [1.82, 2.24) is 4.57 Å². The van der Waals surface area contributed by atoms with Crippen LogP contribution in [0.3, 0.4) is 0 Å². The van der Waals surface area contributed by atoms with E-state index in [0.717, 1.165) is 17.1 Å². The van der Waals surface area contributed by atoms with Gasteiger partial charge in [0.2, 0.25) is 0 Å². The summed E-state index contributed by atoms with van der Waals surface area (Å²) in [6.07, 6.45) is 0. The van der Waals surface area contributed by atoms with Crippen LogP contribution in [-0.2, 0) is 0 Å². The Hall–Kier alpha value is -8.20. The maximum Gasteiger partial charge on any atom is 0.0547 e. The van der Waals surface area contributed by atoms with Crippen molar-refractivity contribution in [2.45, 2.75) is 0 Å². The number of fused-ring (bicyclic) bond motifs is 7. The summed E-state index contributed by atoms with van der Waals surface area (Å²) >= 11 is 0. The van der Waals surface area contributed by atoms with Crippen LogP contribution in [0.1, 0.15) is 0 Å². The molecule has 0 aliphatic rings. The molecule has 0 saturated carbocycles. The summed E-state index contributed by atoms with van der Waals surface area (Å²) < 4.78 is 2.46. The van der Waals surface area contributed by atoms with Gasteiger partial charge in [-0.1, -0.05) is 182 Å². The number of benzene rings is 11. The number of anilines is 3. The van der Waals surface area contributed by atoms with Gasteiger partial charge in [-0.25, -0.2) is 0 Å². The molecule has 0 unspecified atom stereocenters. The molecule has 0 atom stereocenters. The van der Waals surface area contributed by atoms with Crippen molar-refractivity contribution < 1.29 is 0 Å². The highest BCUT2D eigenvalue weighted by molar-refractivity contribution is 6.22. The molecule has 11 aromatic carbocycles. The fourth-order valence-electron chi connectivity index (χ4n) is 9.60. The van der Waals surface area contributed by atoms with Crippen molar-refractivity contribution in [2.75, 3.05) is 4.90 Å². The van der Waals surface area contributed by atoms with Gasteiger partial charge in [0.05, 0.1) is 16.7 Å². The molecule has 0 saturated heterocycles. The summed E-state index contributed by atoms with van der Waals surface area (Å²) in [6, 6.07) is 88.4. The zero-order valence-electron chi connectivity index (χ0n) is 34.0. The summed E-state index contributed by atoms with van der Waals surface area (Å²) in [5.41, 5.74) is 14.1. The average Bonchev–Trinajstić information content (AvgIpc) is 3.69. The summed E-state index contributed by atoms with van der Waals surface area (Å²) in [4.78, 5) is 2.38. The molecule has 12 aromatic rings. The number of hydrogen-bond donors (Lipinski definition) is 0. The van der Waals surface area contributed by atoms with Crippen molar-refractivity contribution in [3.05, 3.63) is 243 Å². The van der Waals surface area contributed by atoms with E-state index in [2.05, 4.69) is 252 Å². The Labute approximate surface area is 360 Å². The Morgan fingerprint density at radius 1 is 0.274 bits per heavy atom. The molecule has 0 bridgehead atoms. The van der Waals surface area contributed by atoms with Gasteiger partial charge in [-0.3, -0.25) is 0 Å². The minimum absolute atomic E-state index is 1.10. The minimum Gasteiger partial charge on any atom is -0.310 e. The van der Waals surface area contributed by atoms with Crippen LogP contribution >= 0.6 is 0 Å². The van der Waals surface area contributed by atoms with E-state index in [-0.39, 0.29) is 0 Å². The van der Waals surface area contributed by atoms with Crippen LogP contribution in [0.5, 0.6) is 0 Å². The third-order valence-electron chi connectivity index (χ3n) is 12.5. The smallest absolute Gasteiger partial charge is 0.0547 e. The van der Waals surface area contributed by atoms with E-state index >= 15 is 0 Å². The Balaban J connectivity index is 0.974. The van der Waals surface area contributed by atoms with Gasteiger partial charge < -0.3 is 9.47 Å². The second-order valence-corrected chi connectivity index (χ2v) is 16.1. The maximum absolute atomic E-state index is 2.46. The normalized spacial score (nSPS) is 11.5. The van der Waals surface area contributed by atoms with E-state index in [1.165, 1.54) is 93.2 Å². The van der Waals surface area contributed by atoms with Crippen LogP contribution in [0, 0.1) is 0 Å². The van der Waals surface area contributed by atoms with Gasteiger partial charge >= 0.3 is 0 Å². The largest absolute Gasteiger partial charge is 0.310 e. The number of aromatic nitrogens is 1. The van der Waals surface area contributed by atoms with Crippen molar-refractivity contribution >= 4 is 71.2 Å². The van der Waals surface area contributed by atoms with Gasteiger partial charge in [-0.15, -0.1) is 0 Å². The molecule has 0 aliphatic carbocycles. The van der Waals surface area contributed by atoms with Gasteiger partial charge in [0, 0.05) is 33.2 Å². The van der Waals surface area contributed by atoms with Gasteiger partial charge in [0.25, 0.3) is 0 Å². The fourth-order valence-corrected chi connectivity index (χ4v) is 9.60. The zero-order chi connectivity index (χ0) is 41.0. The first-order valence-electron chi connectivity index (χ1n) is 21.3. The van der Waals surface area contributed by atoms with Crippen LogP contribution < -0.4 is 4.90 Å². The van der Waals surface area contributed by atoms with Gasteiger partial charge in [-0.05, 0) is 121 Å². The topological polar surface area (TPSA) is 8.17 Å².